The van der Waals surface area contributed by atoms with Gasteiger partial charge in [-0.3, -0.25) is 5.32 Å². The number of carbonyl (C=O) groups excluding carboxylic acids is 1. The zero-order valence-electron chi connectivity index (χ0n) is 15.7. The standard InChI is InChI=1S/C23H20N4O2/c28-23(26-22-15-16-24-27(22)20-9-5-2-6-10-20)25-19-11-13-21(14-12-19)29-17-18-7-3-1-4-8-18/h1-16H,17H2,(H2,25,26,28). The first-order valence-corrected chi connectivity index (χ1v) is 9.22. The van der Waals surface area contributed by atoms with Gasteiger partial charge in [0.2, 0.25) is 0 Å². The zero-order valence-corrected chi connectivity index (χ0v) is 15.7. The van der Waals surface area contributed by atoms with Crippen LogP contribution in [0.3, 0.4) is 0 Å². The number of hydrogen-bond acceptors (Lipinski definition) is 3. The first-order chi connectivity index (χ1) is 14.3. The lowest BCUT2D eigenvalue weighted by atomic mass is 10.2. The Labute approximate surface area is 168 Å². The summed E-state index contributed by atoms with van der Waals surface area (Å²) in [5, 5.41) is 9.89. The normalized spacial score (nSPS) is 10.3. The van der Waals surface area contributed by atoms with E-state index in [2.05, 4.69) is 15.7 Å². The van der Waals surface area contributed by atoms with E-state index < -0.39 is 0 Å². The predicted octanol–water partition coefficient (Wildman–Crippen LogP) is 5.10. The molecule has 3 aromatic carbocycles. The monoisotopic (exact) mass is 384 g/mol. The van der Waals surface area contributed by atoms with Gasteiger partial charge in [0, 0.05) is 11.8 Å². The SMILES string of the molecule is O=C(Nc1ccc(OCc2ccccc2)cc1)Nc1ccnn1-c1ccccc1. The van der Waals surface area contributed by atoms with Gasteiger partial charge in [0.15, 0.2) is 0 Å². The number of benzene rings is 3. The van der Waals surface area contributed by atoms with Crippen LogP contribution in [0.5, 0.6) is 5.75 Å². The molecule has 0 spiro atoms. The van der Waals surface area contributed by atoms with Gasteiger partial charge >= 0.3 is 6.03 Å². The number of urea groups is 1. The number of anilines is 2. The van der Waals surface area contributed by atoms with E-state index in [4.69, 9.17) is 4.74 Å². The van der Waals surface area contributed by atoms with Crippen molar-refractivity contribution in [2.24, 2.45) is 0 Å². The van der Waals surface area contributed by atoms with Crippen LogP contribution in [-0.2, 0) is 6.61 Å². The third kappa shape index (κ3) is 4.81. The summed E-state index contributed by atoms with van der Waals surface area (Å²) in [5.74, 6) is 1.32. The maximum Gasteiger partial charge on any atom is 0.324 e. The Bertz CT molecular complexity index is 1060. The van der Waals surface area contributed by atoms with Gasteiger partial charge in [0.25, 0.3) is 0 Å². The number of aromatic nitrogens is 2. The Kier molecular flexibility index (Phi) is 5.53. The van der Waals surface area contributed by atoms with E-state index in [-0.39, 0.29) is 6.03 Å². The first-order valence-electron chi connectivity index (χ1n) is 9.22. The van der Waals surface area contributed by atoms with E-state index in [0.29, 0.717) is 18.1 Å². The van der Waals surface area contributed by atoms with Crippen LogP contribution in [0.2, 0.25) is 0 Å². The highest BCUT2D eigenvalue weighted by Gasteiger charge is 2.09. The first kappa shape index (κ1) is 18.3. The highest BCUT2D eigenvalue weighted by atomic mass is 16.5. The Morgan fingerprint density at radius 3 is 2.24 bits per heavy atom. The molecule has 0 aliphatic heterocycles. The fraction of sp³-hybridized carbons (Fsp3) is 0.0435. The second-order valence-corrected chi connectivity index (χ2v) is 6.34. The second kappa shape index (κ2) is 8.75. The number of carbonyl (C=O) groups is 1. The number of hydrogen-bond donors (Lipinski definition) is 2. The lowest BCUT2D eigenvalue weighted by molar-refractivity contribution is 0.262. The summed E-state index contributed by atoms with van der Waals surface area (Å²) in [6.07, 6.45) is 1.64. The molecule has 2 N–H and O–H groups in total. The minimum Gasteiger partial charge on any atom is -0.489 e. The largest absolute Gasteiger partial charge is 0.489 e. The van der Waals surface area contributed by atoms with Crippen molar-refractivity contribution in [2.75, 3.05) is 10.6 Å². The molecule has 0 aliphatic rings. The van der Waals surface area contributed by atoms with Gasteiger partial charge in [-0.2, -0.15) is 5.10 Å². The summed E-state index contributed by atoms with van der Waals surface area (Å²) in [6, 6.07) is 28.2. The van der Waals surface area contributed by atoms with Crippen LogP contribution in [0.25, 0.3) is 5.69 Å². The highest BCUT2D eigenvalue weighted by Crippen LogP contribution is 2.18. The van der Waals surface area contributed by atoms with Crippen molar-refractivity contribution in [1.29, 1.82) is 0 Å². The Balaban J connectivity index is 1.34. The Hall–Kier alpha value is -4.06. The Morgan fingerprint density at radius 2 is 1.52 bits per heavy atom. The molecule has 1 heterocycles. The molecule has 144 valence electrons. The summed E-state index contributed by atoms with van der Waals surface area (Å²) < 4.78 is 7.43. The minimum absolute atomic E-state index is 0.347. The summed E-state index contributed by atoms with van der Waals surface area (Å²) in [4.78, 5) is 12.4. The third-order valence-electron chi connectivity index (χ3n) is 4.25. The molecule has 6 nitrogen and oxygen atoms in total. The topological polar surface area (TPSA) is 68.2 Å². The lowest BCUT2D eigenvalue weighted by Gasteiger charge is -2.11. The van der Waals surface area contributed by atoms with Gasteiger partial charge < -0.3 is 10.1 Å². The summed E-state index contributed by atoms with van der Waals surface area (Å²) in [7, 11) is 0. The van der Waals surface area contributed by atoms with E-state index in [9.17, 15) is 4.79 Å². The van der Waals surface area contributed by atoms with Crippen molar-refractivity contribution in [3.63, 3.8) is 0 Å². The van der Waals surface area contributed by atoms with Crippen LogP contribution in [-0.4, -0.2) is 15.8 Å². The number of ether oxygens (including phenoxy) is 1. The number of para-hydroxylation sites is 1. The van der Waals surface area contributed by atoms with E-state index in [1.54, 1.807) is 29.1 Å². The molecule has 2 amide bonds. The highest BCUT2D eigenvalue weighted by molar-refractivity contribution is 5.99. The smallest absolute Gasteiger partial charge is 0.324 e. The molecule has 0 saturated carbocycles. The molecule has 1 aromatic heterocycles. The van der Waals surface area contributed by atoms with Gasteiger partial charge in [-0.05, 0) is 42.0 Å². The van der Waals surface area contributed by atoms with Crippen molar-refractivity contribution in [3.8, 4) is 11.4 Å². The predicted molar refractivity (Wildman–Crippen MR) is 113 cm³/mol. The van der Waals surface area contributed by atoms with E-state index >= 15 is 0 Å². The maximum atomic E-state index is 12.4. The average Bonchev–Trinajstić information content (AvgIpc) is 3.22. The quantitative estimate of drug-likeness (QED) is 0.486. The fourth-order valence-corrected chi connectivity index (χ4v) is 2.83. The van der Waals surface area contributed by atoms with Crippen LogP contribution in [0.1, 0.15) is 5.56 Å². The lowest BCUT2D eigenvalue weighted by Crippen LogP contribution is -2.21. The molecular weight excluding hydrogens is 364 g/mol. The van der Waals surface area contributed by atoms with Crippen LogP contribution >= 0.6 is 0 Å². The molecule has 4 rings (SSSR count). The summed E-state index contributed by atoms with van der Waals surface area (Å²) in [5.41, 5.74) is 2.64. The molecule has 29 heavy (non-hydrogen) atoms. The van der Waals surface area contributed by atoms with Crippen molar-refractivity contribution in [3.05, 3.63) is 103 Å². The van der Waals surface area contributed by atoms with E-state index in [0.717, 1.165) is 17.0 Å². The third-order valence-corrected chi connectivity index (χ3v) is 4.25. The van der Waals surface area contributed by atoms with E-state index in [1.807, 2.05) is 72.8 Å². The van der Waals surface area contributed by atoms with Crippen LogP contribution in [0.4, 0.5) is 16.3 Å². The number of amides is 2. The van der Waals surface area contributed by atoms with Crippen molar-refractivity contribution >= 4 is 17.5 Å². The van der Waals surface area contributed by atoms with E-state index in [1.165, 1.54) is 0 Å². The average molecular weight is 384 g/mol. The van der Waals surface area contributed by atoms with Crippen LogP contribution in [0.15, 0.2) is 97.2 Å². The summed E-state index contributed by atoms with van der Waals surface area (Å²) >= 11 is 0. The van der Waals surface area contributed by atoms with Crippen LogP contribution in [0, 0.1) is 0 Å². The van der Waals surface area contributed by atoms with Gasteiger partial charge in [0.05, 0.1) is 11.9 Å². The molecular formula is C23H20N4O2. The fourth-order valence-electron chi connectivity index (χ4n) is 2.83. The van der Waals surface area contributed by atoms with Crippen molar-refractivity contribution in [2.45, 2.75) is 6.61 Å². The molecule has 0 saturated heterocycles. The second-order valence-electron chi connectivity index (χ2n) is 6.34. The molecule has 0 atom stereocenters. The van der Waals surface area contributed by atoms with Gasteiger partial charge in [-0.15, -0.1) is 0 Å². The number of rotatable bonds is 6. The molecule has 6 heteroatoms. The van der Waals surface area contributed by atoms with Gasteiger partial charge in [-0.25, -0.2) is 9.48 Å². The molecule has 4 aromatic rings. The van der Waals surface area contributed by atoms with Crippen molar-refractivity contribution in [1.82, 2.24) is 9.78 Å². The number of nitrogens with zero attached hydrogens (tertiary/aromatic N) is 2. The molecule has 0 bridgehead atoms. The van der Waals surface area contributed by atoms with Crippen molar-refractivity contribution < 1.29 is 9.53 Å². The molecule has 0 radical (unpaired) electrons. The van der Waals surface area contributed by atoms with Gasteiger partial charge in [0.1, 0.15) is 18.2 Å². The number of nitrogens with one attached hydrogen (secondary N) is 2. The molecule has 0 aliphatic carbocycles. The van der Waals surface area contributed by atoms with Crippen LogP contribution < -0.4 is 15.4 Å². The van der Waals surface area contributed by atoms with Gasteiger partial charge in [-0.1, -0.05) is 48.5 Å². The maximum absolute atomic E-state index is 12.4. The summed E-state index contributed by atoms with van der Waals surface area (Å²) in [6.45, 7) is 0.498. The Morgan fingerprint density at radius 1 is 0.828 bits per heavy atom. The minimum atomic E-state index is -0.347. The molecule has 0 fully saturated rings. The molecule has 0 unspecified atom stereocenters. The zero-order chi connectivity index (χ0) is 19.9.